The van der Waals surface area contributed by atoms with Crippen LogP contribution in [0.25, 0.3) is 0 Å². The molecule has 1 rings (SSSR count). The molecule has 0 radical (unpaired) electrons. The van der Waals surface area contributed by atoms with Crippen molar-refractivity contribution >= 4 is 11.9 Å². The highest BCUT2D eigenvalue weighted by molar-refractivity contribution is 5.94. The van der Waals surface area contributed by atoms with E-state index in [-0.39, 0.29) is 12.5 Å². The summed E-state index contributed by atoms with van der Waals surface area (Å²) in [6.45, 7) is 3.86. The van der Waals surface area contributed by atoms with Gasteiger partial charge in [0.2, 0.25) is 5.91 Å². The predicted molar refractivity (Wildman–Crippen MR) is 61.0 cm³/mol. The first kappa shape index (κ1) is 12.7. The summed E-state index contributed by atoms with van der Waals surface area (Å²) in [5.41, 5.74) is 2.03. The Morgan fingerprint density at radius 1 is 1.44 bits per heavy atom. The smallest absolute Gasteiger partial charge is 0.308 e. The summed E-state index contributed by atoms with van der Waals surface area (Å²) in [5.74, 6) is -1.39. The number of carboxylic acid groups (broad SMARTS) is 1. The highest BCUT2D eigenvalue weighted by atomic mass is 16.4. The third-order valence-corrected chi connectivity index (χ3v) is 3.07. The number of hydrogen-bond acceptors (Lipinski definition) is 2. The normalized spacial score (nSPS) is 17.4. The number of likely N-dealkylation sites (N-methyl/N-ethyl adjacent to an activating group) is 1. The van der Waals surface area contributed by atoms with Crippen LogP contribution in [-0.4, -0.2) is 35.5 Å². The Morgan fingerprint density at radius 2 is 2.06 bits per heavy atom. The fourth-order valence-electron chi connectivity index (χ4n) is 1.99. The van der Waals surface area contributed by atoms with Crippen LogP contribution in [-0.2, 0) is 9.59 Å². The fourth-order valence-corrected chi connectivity index (χ4v) is 1.99. The quantitative estimate of drug-likeness (QED) is 0.791. The molecule has 1 N–H and O–H groups in total. The SMILES string of the molecule is CC1=C(C(=O)N(C)CC(C)C(=O)O)CCC1. The van der Waals surface area contributed by atoms with Crippen molar-refractivity contribution in [2.24, 2.45) is 5.92 Å². The Balaban J connectivity index is 2.61. The van der Waals surface area contributed by atoms with E-state index in [2.05, 4.69) is 0 Å². The van der Waals surface area contributed by atoms with Crippen LogP contribution in [0.4, 0.5) is 0 Å². The van der Waals surface area contributed by atoms with E-state index in [1.54, 1.807) is 14.0 Å². The van der Waals surface area contributed by atoms with Crippen LogP contribution in [0.1, 0.15) is 33.1 Å². The summed E-state index contributed by atoms with van der Waals surface area (Å²) in [4.78, 5) is 24.2. The molecule has 16 heavy (non-hydrogen) atoms. The first-order valence-corrected chi connectivity index (χ1v) is 5.60. The minimum Gasteiger partial charge on any atom is -0.481 e. The summed E-state index contributed by atoms with van der Waals surface area (Å²) < 4.78 is 0. The maximum atomic E-state index is 12.0. The molecule has 1 atom stereocenters. The minimum absolute atomic E-state index is 0.0110. The van der Waals surface area contributed by atoms with Crippen LogP contribution in [0.3, 0.4) is 0 Å². The maximum Gasteiger partial charge on any atom is 0.308 e. The molecule has 0 aromatic rings. The molecule has 4 nitrogen and oxygen atoms in total. The summed E-state index contributed by atoms with van der Waals surface area (Å²) in [7, 11) is 1.67. The number of allylic oxidation sites excluding steroid dienone is 1. The van der Waals surface area contributed by atoms with Crippen molar-refractivity contribution in [2.45, 2.75) is 33.1 Å². The highest BCUT2D eigenvalue weighted by Crippen LogP contribution is 2.26. The average Bonchev–Trinajstić information content (AvgIpc) is 2.62. The summed E-state index contributed by atoms with van der Waals surface area (Å²) in [6.07, 6.45) is 2.86. The van der Waals surface area contributed by atoms with Crippen molar-refractivity contribution in [3.8, 4) is 0 Å². The molecule has 1 amide bonds. The van der Waals surface area contributed by atoms with Gasteiger partial charge < -0.3 is 10.0 Å². The molecule has 0 saturated carbocycles. The number of carbonyl (C=O) groups excluding carboxylic acids is 1. The number of amides is 1. The summed E-state index contributed by atoms with van der Waals surface area (Å²) in [5, 5.41) is 8.78. The van der Waals surface area contributed by atoms with Crippen molar-refractivity contribution in [3.63, 3.8) is 0 Å². The molecule has 0 aromatic carbocycles. The number of aliphatic carboxylic acids is 1. The van der Waals surface area contributed by atoms with Crippen molar-refractivity contribution in [1.29, 1.82) is 0 Å². The molecule has 0 saturated heterocycles. The molecule has 1 aliphatic carbocycles. The lowest BCUT2D eigenvalue weighted by Crippen LogP contribution is -2.34. The largest absolute Gasteiger partial charge is 0.481 e. The Labute approximate surface area is 95.9 Å². The standard InChI is InChI=1S/C12H19NO3/c1-8-5-4-6-10(8)11(14)13(3)7-9(2)12(15)16/h9H,4-7H2,1-3H3,(H,15,16). The summed E-state index contributed by atoms with van der Waals surface area (Å²) in [6, 6.07) is 0. The van der Waals surface area contributed by atoms with E-state index in [4.69, 9.17) is 5.11 Å². The Morgan fingerprint density at radius 3 is 2.50 bits per heavy atom. The van der Waals surface area contributed by atoms with Crippen molar-refractivity contribution < 1.29 is 14.7 Å². The second-order valence-electron chi connectivity index (χ2n) is 4.54. The topological polar surface area (TPSA) is 57.6 Å². The van der Waals surface area contributed by atoms with Gasteiger partial charge in [-0.05, 0) is 26.2 Å². The molecule has 0 aromatic heterocycles. The van der Waals surface area contributed by atoms with E-state index in [9.17, 15) is 9.59 Å². The van der Waals surface area contributed by atoms with E-state index in [1.807, 2.05) is 6.92 Å². The van der Waals surface area contributed by atoms with Gasteiger partial charge in [-0.3, -0.25) is 9.59 Å². The molecule has 4 heteroatoms. The Bertz CT molecular complexity index is 333. The van der Waals surface area contributed by atoms with Gasteiger partial charge in [0.15, 0.2) is 0 Å². The van der Waals surface area contributed by atoms with Crippen molar-refractivity contribution in [3.05, 3.63) is 11.1 Å². The Kier molecular flexibility index (Phi) is 4.10. The van der Waals surface area contributed by atoms with E-state index < -0.39 is 11.9 Å². The van der Waals surface area contributed by atoms with Gasteiger partial charge in [-0.15, -0.1) is 0 Å². The van der Waals surface area contributed by atoms with Gasteiger partial charge in [-0.1, -0.05) is 12.5 Å². The molecule has 0 aliphatic heterocycles. The Hall–Kier alpha value is -1.32. The van der Waals surface area contributed by atoms with Gasteiger partial charge in [-0.25, -0.2) is 0 Å². The second-order valence-corrected chi connectivity index (χ2v) is 4.54. The van der Waals surface area contributed by atoms with Crippen LogP contribution in [0.5, 0.6) is 0 Å². The van der Waals surface area contributed by atoms with Crippen molar-refractivity contribution in [1.82, 2.24) is 4.90 Å². The van der Waals surface area contributed by atoms with Gasteiger partial charge in [0.1, 0.15) is 0 Å². The van der Waals surface area contributed by atoms with Crippen LogP contribution in [0, 0.1) is 5.92 Å². The molecular formula is C12H19NO3. The molecule has 1 unspecified atom stereocenters. The third kappa shape index (κ3) is 2.84. The molecule has 0 heterocycles. The van der Waals surface area contributed by atoms with E-state index >= 15 is 0 Å². The molecular weight excluding hydrogens is 206 g/mol. The zero-order chi connectivity index (χ0) is 12.3. The lowest BCUT2D eigenvalue weighted by atomic mass is 10.1. The monoisotopic (exact) mass is 225 g/mol. The van der Waals surface area contributed by atoms with E-state index in [1.165, 1.54) is 4.90 Å². The summed E-state index contributed by atoms with van der Waals surface area (Å²) >= 11 is 0. The third-order valence-electron chi connectivity index (χ3n) is 3.07. The van der Waals surface area contributed by atoms with Crippen LogP contribution >= 0.6 is 0 Å². The average molecular weight is 225 g/mol. The van der Waals surface area contributed by atoms with Crippen LogP contribution < -0.4 is 0 Å². The number of hydrogen-bond donors (Lipinski definition) is 1. The zero-order valence-electron chi connectivity index (χ0n) is 10.1. The highest BCUT2D eigenvalue weighted by Gasteiger charge is 2.23. The molecule has 0 bridgehead atoms. The number of carboxylic acids is 1. The van der Waals surface area contributed by atoms with E-state index in [0.717, 1.165) is 30.4 Å². The van der Waals surface area contributed by atoms with Gasteiger partial charge >= 0.3 is 5.97 Å². The zero-order valence-corrected chi connectivity index (χ0v) is 10.1. The number of nitrogens with zero attached hydrogens (tertiary/aromatic N) is 1. The molecule has 90 valence electrons. The molecule has 0 spiro atoms. The van der Waals surface area contributed by atoms with Gasteiger partial charge in [0.05, 0.1) is 5.92 Å². The first-order chi connectivity index (χ1) is 7.43. The van der Waals surface area contributed by atoms with Gasteiger partial charge in [-0.2, -0.15) is 0 Å². The lowest BCUT2D eigenvalue weighted by molar-refractivity contribution is -0.142. The number of carbonyl (C=O) groups is 2. The predicted octanol–water partition coefficient (Wildman–Crippen LogP) is 1.67. The minimum atomic E-state index is -0.864. The second kappa shape index (κ2) is 5.14. The van der Waals surface area contributed by atoms with Crippen LogP contribution in [0.15, 0.2) is 11.1 Å². The number of rotatable bonds is 4. The lowest BCUT2D eigenvalue weighted by Gasteiger charge is -2.20. The first-order valence-electron chi connectivity index (χ1n) is 5.60. The van der Waals surface area contributed by atoms with Gasteiger partial charge in [0.25, 0.3) is 0 Å². The fraction of sp³-hybridized carbons (Fsp3) is 0.667. The molecule has 0 fully saturated rings. The maximum absolute atomic E-state index is 12.0. The van der Waals surface area contributed by atoms with Gasteiger partial charge in [0, 0.05) is 19.2 Å². The van der Waals surface area contributed by atoms with Crippen molar-refractivity contribution in [2.75, 3.05) is 13.6 Å². The van der Waals surface area contributed by atoms with E-state index in [0.29, 0.717) is 0 Å². The van der Waals surface area contributed by atoms with Crippen LogP contribution in [0.2, 0.25) is 0 Å². The molecule has 1 aliphatic rings.